The average molecular weight is 218 g/mol. The van der Waals surface area contributed by atoms with Gasteiger partial charge in [-0.05, 0) is 32.3 Å². The quantitative estimate of drug-likeness (QED) is 0.825. The summed E-state index contributed by atoms with van der Waals surface area (Å²) in [6, 6.07) is 9.87. The van der Waals surface area contributed by atoms with E-state index in [-0.39, 0.29) is 0 Å². The molecule has 1 aromatic carbocycles. The van der Waals surface area contributed by atoms with Crippen LogP contribution in [0.3, 0.4) is 0 Å². The zero-order chi connectivity index (χ0) is 11.5. The predicted octanol–water partition coefficient (Wildman–Crippen LogP) is 2.31. The van der Waals surface area contributed by atoms with E-state index in [1.807, 2.05) is 0 Å². The number of rotatable bonds is 2. The Kier molecular flexibility index (Phi) is 3.62. The van der Waals surface area contributed by atoms with Crippen molar-refractivity contribution in [3.05, 3.63) is 35.4 Å². The summed E-state index contributed by atoms with van der Waals surface area (Å²) in [4.78, 5) is 2.54. The third-order valence-electron chi connectivity index (χ3n) is 3.56. The first-order valence-corrected chi connectivity index (χ1v) is 6.20. The molecular weight excluding hydrogens is 196 g/mol. The Hall–Kier alpha value is -0.860. The van der Waals surface area contributed by atoms with Crippen LogP contribution in [0, 0.1) is 6.92 Å². The van der Waals surface area contributed by atoms with Gasteiger partial charge in [-0.25, -0.2) is 0 Å². The second-order valence-electron chi connectivity index (χ2n) is 5.09. The number of nitrogens with zero attached hydrogens (tertiary/aromatic N) is 1. The Balaban J connectivity index is 1.96. The fourth-order valence-corrected chi connectivity index (χ4v) is 2.42. The standard InChI is InChI=1S/C14H22N2/c1-11-3-5-13(6-4-11)10-16-8-7-14(15)9-12(16)2/h3-6,12,14H,7-10,15H2,1-2H3. The van der Waals surface area contributed by atoms with Crippen LogP contribution in [-0.2, 0) is 6.54 Å². The molecule has 1 heterocycles. The summed E-state index contributed by atoms with van der Waals surface area (Å²) in [6.07, 6.45) is 2.27. The largest absolute Gasteiger partial charge is 0.328 e. The fourth-order valence-electron chi connectivity index (χ4n) is 2.42. The molecule has 0 aliphatic carbocycles. The van der Waals surface area contributed by atoms with E-state index in [1.54, 1.807) is 0 Å². The molecule has 2 nitrogen and oxygen atoms in total. The lowest BCUT2D eigenvalue weighted by Gasteiger charge is -2.36. The second kappa shape index (κ2) is 4.98. The van der Waals surface area contributed by atoms with E-state index in [1.165, 1.54) is 11.1 Å². The maximum atomic E-state index is 5.97. The molecule has 16 heavy (non-hydrogen) atoms. The van der Waals surface area contributed by atoms with Crippen LogP contribution in [0.15, 0.2) is 24.3 Å². The summed E-state index contributed by atoms with van der Waals surface area (Å²) in [5.74, 6) is 0. The minimum atomic E-state index is 0.407. The van der Waals surface area contributed by atoms with E-state index < -0.39 is 0 Å². The van der Waals surface area contributed by atoms with E-state index >= 15 is 0 Å². The van der Waals surface area contributed by atoms with Crippen LogP contribution in [0.25, 0.3) is 0 Å². The molecule has 2 unspecified atom stereocenters. The number of likely N-dealkylation sites (tertiary alicyclic amines) is 1. The van der Waals surface area contributed by atoms with Crippen molar-refractivity contribution < 1.29 is 0 Å². The average Bonchev–Trinajstić information content (AvgIpc) is 2.25. The van der Waals surface area contributed by atoms with Crippen LogP contribution in [0.1, 0.15) is 30.9 Å². The summed E-state index contributed by atoms with van der Waals surface area (Å²) in [7, 11) is 0. The molecule has 2 atom stereocenters. The first-order valence-electron chi connectivity index (χ1n) is 6.20. The second-order valence-corrected chi connectivity index (χ2v) is 5.09. The summed E-state index contributed by atoms with van der Waals surface area (Å²) in [5, 5.41) is 0. The lowest BCUT2D eigenvalue weighted by Crippen LogP contribution is -2.44. The number of nitrogens with two attached hydrogens (primary N) is 1. The van der Waals surface area contributed by atoms with Crippen LogP contribution >= 0.6 is 0 Å². The molecule has 2 heteroatoms. The monoisotopic (exact) mass is 218 g/mol. The van der Waals surface area contributed by atoms with Crippen LogP contribution in [0.4, 0.5) is 0 Å². The Labute approximate surface area is 98.4 Å². The molecule has 1 aliphatic rings. The Morgan fingerprint density at radius 3 is 2.62 bits per heavy atom. The van der Waals surface area contributed by atoms with Crippen molar-refractivity contribution in [3.63, 3.8) is 0 Å². The smallest absolute Gasteiger partial charge is 0.0236 e. The Morgan fingerprint density at radius 2 is 2.00 bits per heavy atom. The van der Waals surface area contributed by atoms with Crippen LogP contribution in [-0.4, -0.2) is 23.5 Å². The van der Waals surface area contributed by atoms with Gasteiger partial charge in [-0.3, -0.25) is 4.90 Å². The van der Waals surface area contributed by atoms with Crippen LogP contribution in [0.2, 0.25) is 0 Å². The SMILES string of the molecule is Cc1ccc(CN2CCC(N)CC2C)cc1. The van der Waals surface area contributed by atoms with Crippen molar-refractivity contribution in [2.45, 2.75) is 45.3 Å². The first kappa shape index (κ1) is 11.6. The van der Waals surface area contributed by atoms with E-state index in [9.17, 15) is 0 Å². The zero-order valence-electron chi connectivity index (χ0n) is 10.3. The van der Waals surface area contributed by atoms with Gasteiger partial charge in [-0.15, -0.1) is 0 Å². The summed E-state index contributed by atoms with van der Waals surface area (Å²) < 4.78 is 0. The number of piperidine rings is 1. The van der Waals surface area contributed by atoms with Gasteiger partial charge in [0.05, 0.1) is 0 Å². The summed E-state index contributed by atoms with van der Waals surface area (Å²) in [5.41, 5.74) is 8.72. The van der Waals surface area contributed by atoms with Crippen molar-refractivity contribution in [3.8, 4) is 0 Å². The highest BCUT2D eigenvalue weighted by molar-refractivity contribution is 5.21. The minimum absolute atomic E-state index is 0.407. The lowest BCUT2D eigenvalue weighted by molar-refractivity contribution is 0.140. The Morgan fingerprint density at radius 1 is 1.31 bits per heavy atom. The highest BCUT2D eigenvalue weighted by Crippen LogP contribution is 2.18. The molecule has 0 saturated carbocycles. The van der Waals surface area contributed by atoms with Crippen molar-refractivity contribution in [2.24, 2.45) is 5.73 Å². The van der Waals surface area contributed by atoms with E-state index in [4.69, 9.17) is 5.73 Å². The topological polar surface area (TPSA) is 29.3 Å². The molecule has 0 aromatic heterocycles. The third-order valence-corrected chi connectivity index (χ3v) is 3.56. The first-order chi connectivity index (χ1) is 7.65. The highest BCUT2D eigenvalue weighted by Gasteiger charge is 2.22. The zero-order valence-corrected chi connectivity index (χ0v) is 10.3. The van der Waals surface area contributed by atoms with Crippen molar-refractivity contribution >= 4 is 0 Å². The number of hydrogen-bond acceptors (Lipinski definition) is 2. The van der Waals surface area contributed by atoms with Gasteiger partial charge in [0, 0.05) is 25.2 Å². The molecule has 1 aromatic rings. The van der Waals surface area contributed by atoms with Gasteiger partial charge in [0.1, 0.15) is 0 Å². The molecule has 1 aliphatic heterocycles. The molecule has 0 bridgehead atoms. The van der Waals surface area contributed by atoms with Gasteiger partial charge >= 0.3 is 0 Å². The van der Waals surface area contributed by atoms with Crippen molar-refractivity contribution in [1.29, 1.82) is 0 Å². The fraction of sp³-hybridized carbons (Fsp3) is 0.571. The van der Waals surface area contributed by atoms with Crippen molar-refractivity contribution in [2.75, 3.05) is 6.54 Å². The molecule has 2 rings (SSSR count). The lowest BCUT2D eigenvalue weighted by atomic mass is 9.98. The molecule has 1 fully saturated rings. The van der Waals surface area contributed by atoms with E-state index in [0.717, 1.165) is 25.9 Å². The normalized spacial score (nSPS) is 26.9. The summed E-state index contributed by atoms with van der Waals surface area (Å²) in [6.45, 7) is 6.61. The molecule has 88 valence electrons. The van der Waals surface area contributed by atoms with Gasteiger partial charge in [-0.1, -0.05) is 29.8 Å². The summed E-state index contributed by atoms with van der Waals surface area (Å²) >= 11 is 0. The molecule has 1 saturated heterocycles. The maximum Gasteiger partial charge on any atom is 0.0236 e. The maximum absolute atomic E-state index is 5.97. The number of aryl methyl sites for hydroxylation is 1. The molecule has 0 amide bonds. The minimum Gasteiger partial charge on any atom is -0.328 e. The van der Waals surface area contributed by atoms with Crippen LogP contribution < -0.4 is 5.73 Å². The van der Waals surface area contributed by atoms with Gasteiger partial charge in [0.15, 0.2) is 0 Å². The molecule has 0 radical (unpaired) electrons. The van der Waals surface area contributed by atoms with Gasteiger partial charge < -0.3 is 5.73 Å². The molecule has 2 N–H and O–H groups in total. The Bertz CT molecular complexity index is 331. The molecular formula is C14H22N2. The van der Waals surface area contributed by atoms with E-state index in [0.29, 0.717) is 12.1 Å². The highest BCUT2D eigenvalue weighted by atomic mass is 15.2. The third kappa shape index (κ3) is 2.83. The predicted molar refractivity (Wildman–Crippen MR) is 68.3 cm³/mol. The van der Waals surface area contributed by atoms with Gasteiger partial charge in [0.2, 0.25) is 0 Å². The van der Waals surface area contributed by atoms with Crippen molar-refractivity contribution in [1.82, 2.24) is 4.90 Å². The van der Waals surface area contributed by atoms with Gasteiger partial charge in [0.25, 0.3) is 0 Å². The van der Waals surface area contributed by atoms with Gasteiger partial charge in [-0.2, -0.15) is 0 Å². The van der Waals surface area contributed by atoms with Crippen LogP contribution in [0.5, 0.6) is 0 Å². The number of benzene rings is 1. The number of hydrogen-bond donors (Lipinski definition) is 1. The van der Waals surface area contributed by atoms with E-state index in [2.05, 4.69) is 43.0 Å². The molecule has 0 spiro atoms.